The molecule has 4 atom stereocenters. The molecular weight excluding hydrogens is 729 g/mol. The van der Waals surface area contributed by atoms with Crippen LogP contribution in [-0.2, 0) is 14.3 Å². The number of nitrogens with one attached hydrogen (secondary N) is 3. The van der Waals surface area contributed by atoms with Crippen molar-refractivity contribution in [2.75, 3.05) is 27.2 Å². The fraction of sp³-hybridized carbons (Fsp3) is 0.429. The van der Waals surface area contributed by atoms with E-state index in [1.165, 1.54) is 14.2 Å². The Hall–Kier alpha value is -6.12. The summed E-state index contributed by atoms with van der Waals surface area (Å²) in [6.45, 7) is 8.63. The Balaban J connectivity index is 1.04. The largest absolute Gasteiger partial charge is 0.465 e. The predicted molar refractivity (Wildman–Crippen MR) is 213 cm³/mol. The molecule has 0 aliphatic carbocycles. The second kappa shape index (κ2) is 16.2. The van der Waals surface area contributed by atoms with Crippen LogP contribution in [0.25, 0.3) is 44.8 Å². The highest BCUT2D eigenvalue weighted by atomic mass is 16.5. The molecule has 300 valence electrons. The number of likely N-dealkylation sites (N-methyl/N-ethyl adjacent to an activating group) is 1. The highest BCUT2D eigenvalue weighted by molar-refractivity contribution is 5.88. The van der Waals surface area contributed by atoms with Crippen LogP contribution >= 0.6 is 0 Å². The summed E-state index contributed by atoms with van der Waals surface area (Å²) in [5.74, 6) is 1.44. The minimum atomic E-state index is -1.13. The van der Waals surface area contributed by atoms with Gasteiger partial charge in [0.25, 0.3) is 0 Å². The highest BCUT2D eigenvalue weighted by Crippen LogP contribution is 2.36. The number of benzene rings is 2. The number of rotatable bonds is 11. The average Bonchev–Trinajstić information content (AvgIpc) is 4.05. The van der Waals surface area contributed by atoms with E-state index in [4.69, 9.17) is 9.15 Å². The molecule has 5 heterocycles. The number of nitrogens with zero attached hydrogens (tertiary/aromatic N) is 5. The molecular formula is C42H50N8O7. The Morgan fingerprint density at radius 2 is 1.39 bits per heavy atom. The lowest BCUT2D eigenvalue weighted by Crippen LogP contribution is -2.51. The maximum atomic E-state index is 13.6. The van der Waals surface area contributed by atoms with Crippen molar-refractivity contribution in [3.05, 3.63) is 72.6 Å². The number of furan rings is 1. The van der Waals surface area contributed by atoms with Crippen LogP contribution in [0.1, 0.15) is 77.1 Å². The normalized spacial score (nSPS) is 18.0. The fourth-order valence-corrected chi connectivity index (χ4v) is 8.17. The number of carbonyl (C=O) groups excluding carboxylic acids is 3. The van der Waals surface area contributed by atoms with Crippen LogP contribution in [0, 0.1) is 11.8 Å². The van der Waals surface area contributed by atoms with Gasteiger partial charge in [-0.1, -0.05) is 52.0 Å². The number of methoxy groups -OCH3 is 1. The molecule has 0 bridgehead atoms. The first-order valence-electron chi connectivity index (χ1n) is 19.5. The Labute approximate surface area is 330 Å². The minimum Gasteiger partial charge on any atom is -0.465 e. The third-order valence-corrected chi connectivity index (χ3v) is 11.2. The van der Waals surface area contributed by atoms with Gasteiger partial charge >= 0.3 is 12.2 Å². The van der Waals surface area contributed by atoms with E-state index in [9.17, 15) is 24.3 Å². The van der Waals surface area contributed by atoms with Crippen molar-refractivity contribution in [2.45, 2.75) is 77.5 Å². The van der Waals surface area contributed by atoms with Crippen LogP contribution in [0.15, 0.2) is 65.3 Å². The SMILES string of the molecule is COC(=O)N[C@@H](C(=O)N1CCC[C@H]1c1ncc(-c2ccc(-c3cc4cc(-c5cnc([C@@H]6CCCN6C(=O)[C@@H](C(C)C)N(C)C(=O)O)[nH]5)ccc4o3)cc2)[nH]1)C(C)C. The van der Waals surface area contributed by atoms with E-state index < -0.39 is 24.3 Å². The number of carboxylic acid groups (broad SMARTS) is 1. The molecule has 4 amide bonds. The molecule has 5 aromatic rings. The van der Waals surface area contributed by atoms with Gasteiger partial charge in [-0.3, -0.25) is 14.5 Å². The number of aromatic amines is 2. The van der Waals surface area contributed by atoms with E-state index in [1.807, 2.05) is 76.2 Å². The third kappa shape index (κ3) is 7.83. The molecule has 15 heteroatoms. The van der Waals surface area contributed by atoms with E-state index in [0.29, 0.717) is 24.7 Å². The Kier molecular flexibility index (Phi) is 11.1. The molecule has 7 rings (SSSR count). The number of fused-ring (bicyclic) bond motifs is 1. The smallest absolute Gasteiger partial charge is 0.407 e. The first kappa shape index (κ1) is 39.1. The van der Waals surface area contributed by atoms with Gasteiger partial charge in [0.1, 0.15) is 35.1 Å². The molecule has 57 heavy (non-hydrogen) atoms. The highest BCUT2D eigenvalue weighted by Gasteiger charge is 2.40. The number of likely N-dealkylation sites (tertiary alicyclic amines) is 2. The summed E-state index contributed by atoms with van der Waals surface area (Å²) in [5.41, 5.74) is 5.14. The standard InChI is InChI=1S/C42H50N8O7/c1-23(2)35(47-41(53)56-6)39(51)49-17-7-9-31(49)37-43-21-29(45-37)25-11-13-26(14-12-25)34-20-28-19-27(15-16-33(28)57-34)30-22-44-38(46-30)32-10-8-18-50(32)40(52)36(24(3)4)48(5)42(54)55/h11-16,19-24,31-32,35-36H,7-10,17-18H2,1-6H3,(H,43,45)(H,44,46)(H,47,53)(H,54,55)/t31-,32-,35+,36+/m0/s1. The number of alkyl carbamates (subject to hydrolysis) is 1. The van der Waals surface area contributed by atoms with E-state index in [-0.39, 0.29) is 35.7 Å². The topological polar surface area (TPSA) is 190 Å². The van der Waals surface area contributed by atoms with Gasteiger partial charge in [0, 0.05) is 36.7 Å². The second-order valence-corrected chi connectivity index (χ2v) is 15.6. The number of aromatic nitrogens is 4. The lowest BCUT2D eigenvalue weighted by molar-refractivity contribution is -0.138. The number of imidazole rings is 2. The molecule has 0 radical (unpaired) electrons. The van der Waals surface area contributed by atoms with Gasteiger partial charge in [0.2, 0.25) is 11.8 Å². The molecule has 0 saturated carbocycles. The molecule has 0 spiro atoms. The van der Waals surface area contributed by atoms with Gasteiger partial charge in [-0.25, -0.2) is 19.6 Å². The summed E-state index contributed by atoms with van der Waals surface area (Å²) < 4.78 is 11.0. The zero-order chi connectivity index (χ0) is 40.5. The first-order valence-corrected chi connectivity index (χ1v) is 19.5. The van der Waals surface area contributed by atoms with Crippen molar-refractivity contribution in [2.24, 2.45) is 11.8 Å². The molecule has 2 saturated heterocycles. The minimum absolute atomic E-state index is 0.115. The number of ether oxygens (including phenoxy) is 1. The molecule has 0 unspecified atom stereocenters. The van der Waals surface area contributed by atoms with Crippen molar-refractivity contribution in [1.29, 1.82) is 0 Å². The molecule has 3 aromatic heterocycles. The van der Waals surface area contributed by atoms with Crippen LogP contribution in [0.5, 0.6) is 0 Å². The molecule has 2 fully saturated rings. The quantitative estimate of drug-likeness (QED) is 0.107. The number of carbonyl (C=O) groups is 4. The van der Waals surface area contributed by atoms with Crippen molar-refractivity contribution in [1.82, 2.24) is 40.0 Å². The van der Waals surface area contributed by atoms with E-state index in [0.717, 1.165) is 75.4 Å². The number of hydrogen-bond acceptors (Lipinski definition) is 8. The first-order chi connectivity index (χ1) is 27.3. The van der Waals surface area contributed by atoms with Gasteiger partial charge in [0.15, 0.2) is 0 Å². The monoisotopic (exact) mass is 778 g/mol. The van der Waals surface area contributed by atoms with Gasteiger partial charge in [-0.15, -0.1) is 0 Å². The van der Waals surface area contributed by atoms with Crippen LogP contribution in [0.2, 0.25) is 0 Å². The van der Waals surface area contributed by atoms with Crippen molar-refractivity contribution < 1.29 is 33.4 Å². The maximum absolute atomic E-state index is 13.6. The summed E-state index contributed by atoms with van der Waals surface area (Å²) in [4.78, 5) is 71.7. The summed E-state index contributed by atoms with van der Waals surface area (Å²) in [7, 11) is 2.73. The van der Waals surface area contributed by atoms with Crippen LogP contribution in [0.4, 0.5) is 9.59 Å². The lowest BCUT2D eigenvalue weighted by Gasteiger charge is -2.33. The lowest BCUT2D eigenvalue weighted by atomic mass is 10.0. The Morgan fingerprint density at radius 3 is 1.95 bits per heavy atom. The van der Waals surface area contributed by atoms with Gasteiger partial charge in [0.05, 0.1) is 43.0 Å². The number of amides is 4. The zero-order valence-electron chi connectivity index (χ0n) is 33.1. The summed E-state index contributed by atoms with van der Waals surface area (Å²) in [6.07, 6.45) is 4.94. The van der Waals surface area contributed by atoms with Crippen LogP contribution < -0.4 is 5.32 Å². The van der Waals surface area contributed by atoms with Crippen molar-refractivity contribution in [3.63, 3.8) is 0 Å². The molecule has 2 aliphatic rings. The van der Waals surface area contributed by atoms with Gasteiger partial charge < -0.3 is 39.3 Å². The van der Waals surface area contributed by atoms with Crippen LogP contribution in [0.3, 0.4) is 0 Å². The van der Waals surface area contributed by atoms with E-state index in [1.54, 1.807) is 22.2 Å². The Bertz CT molecular complexity index is 2260. The molecule has 2 aliphatic heterocycles. The summed E-state index contributed by atoms with van der Waals surface area (Å²) >= 11 is 0. The predicted octanol–water partition coefficient (Wildman–Crippen LogP) is 7.22. The van der Waals surface area contributed by atoms with Crippen molar-refractivity contribution >= 4 is 35.0 Å². The fourth-order valence-electron chi connectivity index (χ4n) is 8.17. The number of H-pyrrole nitrogens is 2. The molecule has 2 aromatic carbocycles. The Morgan fingerprint density at radius 1 is 0.825 bits per heavy atom. The summed E-state index contributed by atoms with van der Waals surface area (Å²) in [6, 6.07) is 14.0. The zero-order valence-corrected chi connectivity index (χ0v) is 33.1. The summed E-state index contributed by atoms with van der Waals surface area (Å²) in [5, 5.41) is 13.2. The van der Waals surface area contributed by atoms with Crippen molar-refractivity contribution in [3.8, 4) is 33.8 Å². The second-order valence-electron chi connectivity index (χ2n) is 15.6. The average molecular weight is 779 g/mol. The maximum Gasteiger partial charge on any atom is 0.407 e. The van der Waals surface area contributed by atoms with E-state index >= 15 is 0 Å². The van der Waals surface area contributed by atoms with Gasteiger partial charge in [-0.05, 0) is 67.3 Å². The van der Waals surface area contributed by atoms with Gasteiger partial charge in [-0.2, -0.15) is 0 Å². The number of hydrogen-bond donors (Lipinski definition) is 4. The van der Waals surface area contributed by atoms with Crippen LogP contribution in [-0.4, -0.2) is 103 Å². The molecule has 15 nitrogen and oxygen atoms in total. The molecule has 4 N–H and O–H groups in total. The van der Waals surface area contributed by atoms with E-state index in [2.05, 4.69) is 25.3 Å². The third-order valence-electron chi connectivity index (χ3n) is 11.2.